The van der Waals surface area contributed by atoms with Gasteiger partial charge in [0.2, 0.25) is 5.78 Å². The highest BCUT2D eigenvalue weighted by molar-refractivity contribution is 5.78. The molecule has 108 valence electrons. The van der Waals surface area contributed by atoms with Gasteiger partial charge in [-0.2, -0.15) is 0 Å². The number of hydrogen-bond donors (Lipinski definition) is 2. The second-order valence-corrected chi connectivity index (χ2v) is 5.29. The van der Waals surface area contributed by atoms with Crippen LogP contribution >= 0.6 is 0 Å². The van der Waals surface area contributed by atoms with Crippen molar-refractivity contribution >= 4 is 11.7 Å². The Balaban J connectivity index is 2.23. The summed E-state index contributed by atoms with van der Waals surface area (Å²) in [7, 11) is 0. The molecule has 6 nitrogen and oxygen atoms in total. The third-order valence-corrected chi connectivity index (χ3v) is 3.65. The van der Waals surface area contributed by atoms with Crippen LogP contribution in [0.25, 0.3) is 5.78 Å². The summed E-state index contributed by atoms with van der Waals surface area (Å²) in [6, 6.07) is 1.99. The first-order valence-corrected chi connectivity index (χ1v) is 6.66. The summed E-state index contributed by atoms with van der Waals surface area (Å²) in [5, 5.41) is 12.3. The second kappa shape index (κ2) is 5.20. The van der Waals surface area contributed by atoms with E-state index < -0.39 is 11.5 Å². The number of rotatable bonds is 5. The van der Waals surface area contributed by atoms with E-state index in [0.717, 1.165) is 17.1 Å². The van der Waals surface area contributed by atoms with Gasteiger partial charge in [0.1, 0.15) is 5.54 Å². The average molecular weight is 276 g/mol. The van der Waals surface area contributed by atoms with Crippen LogP contribution in [-0.4, -0.2) is 31.0 Å². The Hall–Kier alpha value is -1.95. The molecule has 0 fully saturated rings. The first-order chi connectivity index (χ1) is 9.35. The largest absolute Gasteiger partial charge is 0.480 e. The van der Waals surface area contributed by atoms with Crippen LogP contribution in [0.2, 0.25) is 0 Å². The van der Waals surface area contributed by atoms with Crippen molar-refractivity contribution in [2.24, 2.45) is 0 Å². The van der Waals surface area contributed by atoms with Crippen LogP contribution in [-0.2, 0) is 11.3 Å². The number of aliphatic carboxylic acids is 1. The van der Waals surface area contributed by atoms with E-state index in [9.17, 15) is 9.90 Å². The Labute approximate surface area is 117 Å². The summed E-state index contributed by atoms with van der Waals surface area (Å²) in [6.07, 6.45) is 2.40. The molecule has 6 heteroatoms. The Morgan fingerprint density at radius 1 is 1.45 bits per heavy atom. The predicted molar refractivity (Wildman–Crippen MR) is 75.6 cm³/mol. The molecule has 0 aliphatic heterocycles. The number of carboxylic acids is 1. The number of aromatic nitrogens is 3. The first kappa shape index (κ1) is 14.5. The van der Waals surface area contributed by atoms with E-state index in [-0.39, 0.29) is 0 Å². The molecule has 0 aromatic carbocycles. The maximum atomic E-state index is 11.2. The van der Waals surface area contributed by atoms with Crippen molar-refractivity contribution in [3.8, 4) is 0 Å². The molecular formula is C14H20N4O2. The molecule has 0 saturated carbocycles. The third kappa shape index (κ3) is 2.65. The zero-order chi connectivity index (χ0) is 14.9. The van der Waals surface area contributed by atoms with Crippen molar-refractivity contribution in [3.63, 3.8) is 0 Å². The summed E-state index contributed by atoms with van der Waals surface area (Å²) in [6.45, 7) is 7.85. The van der Waals surface area contributed by atoms with Crippen molar-refractivity contribution in [2.75, 3.05) is 0 Å². The van der Waals surface area contributed by atoms with E-state index in [0.29, 0.717) is 18.7 Å². The van der Waals surface area contributed by atoms with E-state index in [1.165, 1.54) is 0 Å². The normalized spacial score (nSPS) is 14.4. The predicted octanol–water partition coefficient (Wildman–Crippen LogP) is 1.69. The third-order valence-electron chi connectivity index (χ3n) is 3.65. The molecule has 2 rings (SSSR count). The molecule has 0 bridgehead atoms. The van der Waals surface area contributed by atoms with Gasteiger partial charge in [0.25, 0.3) is 0 Å². The highest BCUT2D eigenvalue weighted by Crippen LogP contribution is 2.12. The second-order valence-electron chi connectivity index (χ2n) is 5.29. The Morgan fingerprint density at radius 3 is 2.75 bits per heavy atom. The van der Waals surface area contributed by atoms with Gasteiger partial charge >= 0.3 is 5.97 Å². The molecule has 0 aliphatic rings. The van der Waals surface area contributed by atoms with Crippen LogP contribution in [0.5, 0.6) is 0 Å². The van der Waals surface area contributed by atoms with Crippen LogP contribution in [0.4, 0.5) is 0 Å². The molecule has 2 N–H and O–H groups in total. The smallest absolute Gasteiger partial charge is 0.323 e. The Kier molecular flexibility index (Phi) is 3.76. The lowest BCUT2D eigenvalue weighted by Gasteiger charge is -2.24. The average Bonchev–Trinajstić information content (AvgIpc) is 2.79. The summed E-state index contributed by atoms with van der Waals surface area (Å²) >= 11 is 0. The molecule has 2 heterocycles. The lowest BCUT2D eigenvalue weighted by atomic mass is 9.99. The molecule has 0 spiro atoms. The monoisotopic (exact) mass is 276 g/mol. The molecule has 0 amide bonds. The van der Waals surface area contributed by atoms with Crippen molar-refractivity contribution in [1.29, 1.82) is 0 Å². The van der Waals surface area contributed by atoms with Crippen LogP contribution < -0.4 is 5.32 Å². The number of nitrogens with one attached hydrogen (secondary N) is 1. The Bertz CT molecular complexity index is 650. The van der Waals surface area contributed by atoms with Gasteiger partial charge in [0.15, 0.2) is 0 Å². The van der Waals surface area contributed by atoms with Gasteiger partial charge in [-0.15, -0.1) is 0 Å². The summed E-state index contributed by atoms with van der Waals surface area (Å²) in [5.41, 5.74) is 1.83. The molecule has 0 aliphatic carbocycles. The van der Waals surface area contributed by atoms with Gasteiger partial charge in [-0.3, -0.25) is 14.5 Å². The standard InChI is InChI=1S/C14H20N4O2/c1-5-14(4,12(19)20)15-7-11-8-18-10(3)6-9(2)16-13(18)17-11/h6,8,15H,5,7H2,1-4H3,(H,19,20). The van der Waals surface area contributed by atoms with Gasteiger partial charge in [-0.1, -0.05) is 6.92 Å². The van der Waals surface area contributed by atoms with Crippen molar-refractivity contribution in [1.82, 2.24) is 19.7 Å². The van der Waals surface area contributed by atoms with Crippen molar-refractivity contribution in [2.45, 2.75) is 46.2 Å². The molecule has 2 aromatic rings. The maximum Gasteiger partial charge on any atom is 0.323 e. The van der Waals surface area contributed by atoms with Crippen molar-refractivity contribution in [3.05, 3.63) is 29.3 Å². The van der Waals surface area contributed by atoms with Gasteiger partial charge in [0.05, 0.1) is 5.69 Å². The summed E-state index contributed by atoms with van der Waals surface area (Å²) in [4.78, 5) is 20.0. The maximum absolute atomic E-state index is 11.2. The first-order valence-electron chi connectivity index (χ1n) is 6.66. The van der Waals surface area contributed by atoms with Gasteiger partial charge in [0, 0.05) is 24.1 Å². The minimum Gasteiger partial charge on any atom is -0.480 e. The number of nitrogens with zero attached hydrogens (tertiary/aromatic N) is 3. The van der Waals surface area contributed by atoms with E-state index in [1.807, 2.05) is 37.4 Å². The van der Waals surface area contributed by atoms with Crippen LogP contribution in [0.15, 0.2) is 12.3 Å². The summed E-state index contributed by atoms with van der Waals surface area (Å²) in [5.74, 6) is -0.207. The number of carbonyl (C=O) groups is 1. The molecule has 1 unspecified atom stereocenters. The molecule has 0 radical (unpaired) electrons. The topological polar surface area (TPSA) is 79.5 Å². The van der Waals surface area contributed by atoms with Gasteiger partial charge in [-0.05, 0) is 33.3 Å². The molecule has 2 aromatic heterocycles. The number of aryl methyl sites for hydroxylation is 2. The lowest BCUT2D eigenvalue weighted by Crippen LogP contribution is -2.48. The summed E-state index contributed by atoms with van der Waals surface area (Å²) < 4.78 is 1.91. The van der Waals surface area contributed by atoms with Gasteiger partial charge in [-0.25, -0.2) is 9.97 Å². The zero-order valence-corrected chi connectivity index (χ0v) is 12.3. The minimum atomic E-state index is -0.936. The SMILES string of the molecule is CCC(C)(NCc1cn2c(C)cc(C)nc2n1)C(=O)O. The fourth-order valence-electron chi connectivity index (χ4n) is 2.04. The van der Waals surface area contributed by atoms with E-state index in [2.05, 4.69) is 15.3 Å². The lowest BCUT2D eigenvalue weighted by molar-refractivity contribution is -0.144. The molecule has 1 atom stereocenters. The minimum absolute atomic E-state index is 0.401. The van der Waals surface area contributed by atoms with Crippen LogP contribution in [0, 0.1) is 13.8 Å². The van der Waals surface area contributed by atoms with Crippen molar-refractivity contribution < 1.29 is 9.90 Å². The number of fused-ring (bicyclic) bond motifs is 1. The van der Waals surface area contributed by atoms with E-state index in [1.54, 1.807) is 6.92 Å². The fourth-order valence-corrected chi connectivity index (χ4v) is 2.04. The number of carboxylic acid groups (broad SMARTS) is 1. The number of imidazole rings is 1. The van der Waals surface area contributed by atoms with E-state index >= 15 is 0 Å². The fraction of sp³-hybridized carbons (Fsp3) is 0.500. The quantitative estimate of drug-likeness (QED) is 0.868. The van der Waals surface area contributed by atoms with Gasteiger partial charge < -0.3 is 5.11 Å². The van der Waals surface area contributed by atoms with Crippen LogP contribution in [0.1, 0.15) is 37.4 Å². The van der Waals surface area contributed by atoms with E-state index in [4.69, 9.17) is 0 Å². The molecular weight excluding hydrogens is 256 g/mol. The zero-order valence-electron chi connectivity index (χ0n) is 12.3. The van der Waals surface area contributed by atoms with Crippen LogP contribution in [0.3, 0.4) is 0 Å². The molecule has 20 heavy (non-hydrogen) atoms. The highest BCUT2D eigenvalue weighted by Gasteiger charge is 2.30. The number of hydrogen-bond acceptors (Lipinski definition) is 4. The molecule has 0 saturated heterocycles. The Morgan fingerprint density at radius 2 is 2.15 bits per heavy atom. The highest BCUT2D eigenvalue weighted by atomic mass is 16.4.